The average molecular weight is 393 g/mol. The number of aromatic nitrogens is 3. The number of rotatable bonds is 4. The second-order valence-corrected chi connectivity index (χ2v) is 6.12. The average Bonchev–Trinajstić information content (AvgIpc) is 3.11. The van der Waals surface area contributed by atoms with Gasteiger partial charge >= 0.3 is 6.18 Å². The number of hydrogen-bond donors (Lipinski definition) is 2. The first-order chi connectivity index (χ1) is 12.8. The van der Waals surface area contributed by atoms with Gasteiger partial charge in [0.15, 0.2) is 0 Å². The van der Waals surface area contributed by atoms with Gasteiger partial charge in [-0.05, 0) is 30.3 Å². The molecule has 0 saturated carbocycles. The van der Waals surface area contributed by atoms with E-state index in [0.29, 0.717) is 11.3 Å². The van der Waals surface area contributed by atoms with Crippen LogP contribution in [0.2, 0.25) is 0 Å². The SMILES string of the molecule is O=C(Nc1cccc(C(=O)Nc2nnc(C(F)(F)F)s2)c1)c1cccnc1. The van der Waals surface area contributed by atoms with Crippen LogP contribution in [-0.4, -0.2) is 27.0 Å². The highest BCUT2D eigenvalue weighted by Crippen LogP contribution is 2.33. The van der Waals surface area contributed by atoms with E-state index < -0.39 is 23.0 Å². The van der Waals surface area contributed by atoms with E-state index in [9.17, 15) is 22.8 Å². The molecule has 0 aliphatic rings. The number of carbonyl (C=O) groups is 2. The maximum Gasteiger partial charge on any atom is 0.445 e. The fourth-order valence-electron chi connectivity index (χ4n) is 2.00. The van der Waals surface area contributed by atoms with Crippen LogP contribution in [0.3, 0.4) is 0 Å². The second kappa shape index (κ2) is 7.50. The van der Waals surface area contributed by atoms with Crippen LogP contribution in [0, 0.1) is 0 Å². The maximum absolute atomic E-state index is 12.5. The molecule has 11 heteroatoms. The van der Waals surface area contributed by atoms with Crippen LogP contribution in [0.15, 0.2) is 48.8 Å². The van der Waals surface area contributed by atoms with Crippen LogP contribution in [0.4, 0.5) is 24.0 Å². The minimum Gasteiger partial charge on any atom is -0.322 e. The Kier molecular flexibility index (Phi) is 5.12. The summed E-state index contributed by atoms with van der Waals surface area (Å²) in [4.78, 5) is 28.2. The van der Waals surface area contributed by atoms with Crippen molar-refractivity contribution in [2.75, 3.05) is 10.6 Å². The van der Waals surface area contributed by atoms with Gasteiger partial charge in [0, 0.05) is 23.6 Å². The fourth-order valence-corrected chi connectivity index (χ4v) is 2.60. The largest absolute Gasteiger partial charge is 0.445 e. The van der Waals surface area contributed by atoms with Gasteiger partial charge in [0.05, 0.1) is 5.56 Å². The molecule has 0 fully saturated rings. The maximum atomic E-state index is 12.5. The number of nitrogens with one attached hydrogen (secondary N) is 2. The zero-order valence-electron chi connectivity index (χ0n) is 13.3. The van der Waals surface area contributed by atoms with E-state index in [2.05, 4.69) is 25.8 Å². The standard InChI is InChI=1S/C16H10F3N5O2S/c17-16(18,19)14-23-24-15(27-14)22-12(25)9-3-1-5-11(7-9)21-13(26)10-4-2-6-20-8-10/h1-8H,(H,21,26)(H,22,24,25). The minimum absolute atomic E-state index is 0.128. The summed E-state index contributed by atoms with van der Waals surface area (Å²) >= 11 is 0.219. The molecule has 1 aromatic carbocycles. The highest BCUT2D eigenvalue weighted by Gasteiger charge is 2.35. The quantitative estimate of drug-likeness (QED) is 0.708. The number of carbonyl (C=O) groups excluding carboxylic acids is 2. The van der Waals surface area contributed by atoms with Gasteiger partial charge in [-0.15, -0.1) is 10.2 Å². The van der Waals surface area contributed by atoms with Crippen molar-refractivity contribution in [1.29, 1.82) is 0 Å². The van der Waals surface area contributed by atoms with Crippen molar-refractivity contribution in [2.24, 2.45) is 0 Å². The lowest BCUT2D eigenvalue weighted by molar-refractivity contribution is -0.138. The smallest absolute Gasteiger partial charge is 0.322 e. The molecule has 0 aliphatic heterocycles. The molecular formula is C16H10F3N5O2S. The zero-order valence-corrected chi connectivity index (χ0v) is 14.1. The lowest BCUT2D eigenvalue weighted by Crippen LogP contribution is -2.14. The Morgan fingerprint density at radius 1 is 0.963 bits per heavy atom. The summed E-state index contributed by atoms with van der Waals surface area (Å²) in [7, 11) is 0. The number of anilines is 2. The molecule has 0 atom stereocenters. The first-order valence-electron chi connectivity index (χ1n) is 7.36. The molecule has 0 radical (unpaired) electrons. The molecule has 3 aromatic rings. The Balaban J connectivity index is 1.70. The molecule has 138 valence electrons. The fraction of sp³-hybridized carbons (Fsp3) is 0.0625. The van der Waals surface area contributed by atoms with Crippen molar-refractivity contribution < 1.29 is 22.8 Å². The summed E-state index contributed by atoms with van der Waals surface area (Å²) in [5, 5.41) is 9.71. The Morgan fingerprint density at radius 2 is 1.70 bits per heavy atom. The third-order valence-electron chi connectivity index (χ3n) is 3.19. The normalized spacial score (nSPS) is 11.1. The minimum atomic E-state index is -4.63. The summed E-state index contributed by atoms with van der Waals surface area (Å²) < 4.78 is 37.6. The molecule has 0 unspecified atom stereocenters. The number of hydrogen-bond acceptors (Lipinski definition) is 6. The summed E-state index contributed by atoms with van der Waals surface area (Å²) in [6.07, 6.45) is -1.71. The Labute approximate surface area is 154 Å². The Bertz CT molecular complexity index is 975. The molecule has 0 aliphatic carbocycles. The van der Waals surface area contributed by atoms with Crippen LogP contribution in [0.5, 0.6) is 0 Å². The van der Waals surface area contributed by atoms with Gasteiger partial charge in [-0.25, -0.2) is 0 Å². The lowest BCUT2D eigenvalue weighted by atomic mass is 10.2. The van der Waals surface area contributed by atoms with E-state index in [-0.39, 0.29) is 22.0 Å². The predicted octanol–water partition coefficient (Wildman–Crippen LogP) is 3.46. The van der Waals surface area contributed by atoms with Crippen molar-refractivity contribution in [3.8, 4) is 0 Å². The van der Waals surface area contributed by atoms with E-state index in [1.807, 2.05) is 0 Å². The molecule has 0 spiro atoms. The monoisotopic (exact) mass is 393 g/mol. The number of pyridine rings is 1. The van der Waals surface area contributed by atoms with Crippen molar-refractivity contribution in [1.82, 2.24) is 15.2 Å². The van der Waals surface area contributed by atoms with Crippen LogP contribution in [0.1, 0.15) is 25.7 Å². The number of alkyl halides is 3. The summed E-state index contributed by atoms with van der Waals surface area (Å²) in [6, 6.07) is 9.10. The van der Waals surface area contributed by atoms with Gasteiger partial charge in [-0.1, -0.05) is 17.4 Å². The topological polar surface area (TPSA) is 96.9 Å². The van der Waals surface area contributed by atoms with Crippen LogP contribution in [0.25, 0.3) is 0 Å². The first kappa shape index (κ1) is 18.5. The van der Waals surface area contributed by atoms with Gasteiger partial charge in [0.25, 0.3) is 11.8 Å². The molecule has 3 rings (SSSR count). The number of halogens is 3. The van der Waals surface area contributed by atoms with Crippen LogP contribution < -0.4 is 10.6 Å². The van der Waals surface area contributed by atoms with Gasteiger partial charge in [-0.2, -0.15) is 13.2 Å². The molecule has 0 saturated heterocycles. The number of benzene rings is 1. The van der Waals surface area contributed by atoms with Gasteiger partial charge in [0.2, 0.25) is 10.1 Å². The van der Waals surface area contributed by atoms with E-state index in [0.717, 1.165) is 0 Å². The van der Waals surface area contributed by atoms with Crippen molar-refractivity contribution in [3.05, 3.63) is 64.9 Å². The predicted molar refractivity (Wildman–Crippen MR) is 91.5 cm³/mol. The molecular weight excluding hydrogens is 383 g/mol. The highest BCUT2D eigenvalue weighted by molar-refractivity contribution is 7.15. The number of nitrogens with zero attached hydrogens (tertiary/aromatic N) is 3. The van der Waals surface area contributed by atoms with Gasteiger partial charge in [0.1, 0.15) is 0 Å². The highest BCUT2D eigenvalue weighted by atomic mass is 32.1. The number of amides is 2. The van der Waals surface area contributed by atoms with E-state index in [1.165, 1.54) is 30.6 Å². The lowest BCUT2D eigenvalue weighted by Gasteiger charge is -2.07. The zero-order chi connectivity index (χ0) is 19.4. The van der Waals surface area contributed by atoms with E-state index >= 15 is 0 Å². The Morgan fingerprint density at radius 3 is 2.37 bits per heavy atom. The third-order valence-corrected chi connectivity index (χ3v) is 4.08. The second-order valence-electron chi connectivity index (χ2n) is 5.14. The molecule has 2 aromatic heterocycles. The summed E-state index contributed by atoms with van der Waals surface area (Å²) in [5.74, 6) is -1.10. The van der Waals surface area contributed by atoms with Gasteiger partial charge in [-0.3, -0.25) is 19.9 Å². The van der Waals surface area contributed by atoms with E-state index in [1.54, 1.807) is 18.2 Å². The summed E-state index contributed by atoms with van der Waals surface area (Å²) in [5.41, 5.74) is 0.799. The van der Waals surface area contributed by atoms with Crippen LogP contribution in [-0.2, 0) is 6.18 Å². The molecule has 7 nitrogen and oxygen atoms in total. The van der Waals surface area contributed by atoms with E-state index in [4.69, 9.17) is 0 Å². The first-order valence-corrected chi connectivity index (χ1v) is 8.18. The van der Waals surface area contributed by atoms with Gasteiger partial charge < -0.3 is 5.32 Å². The third kappa shape index (κ3) is 4.64. The van der Waals surface area contributed by atoms with Crippen molar-refractivity contribution in [3.63, 3.8) is 0 Å². The van der Waals surface area contributed by atoms with Crippen molar-refractivity contribution in [2.45, 2.75) is 6.18 Å². The van der Waals surface area contributed by atoms with Crippen molar-refractivity contribution >= 4 is 34.0 Å². The molecule has 2 heterocycles. The molecule has 0 bridgehead atoms. The van der Waals surface area contributed by atoms with Crippen LogP contribution >= 0.6 is 11.3 Å². The Hall–Kier alpha value is -3.34. The molecule has 27 heavy (non-hydrogen) atoms. The molecule has 2 N–H and O–H groups in total. The molecule has 2 amide bonds. The summed E-state index contributed by atoms with van der Waals surface area (Å²) in [6.45, 7) is 0.